The molecule has 0 bridgehead atoms. The van der Waals surface area contributed by atoms with Crippen LogP contribution in [0.2, 0.25) is 0 Å². The molecule has 0 unspecified atom stereocenters. The normalized spacial score (nSPS) is 12.8. The second kappa shape index (κ2) is 15.1. The molecule has 0 aliphatic heterocycles. The predicted molar refractivity (Wildman–Crippen MR) is 163 cm³/mol. The molecule has 0 aromatic heterocycles. The van der Waals surface area contributed by atoms with E-state index >= 15 is 0 Å². The van der Waals surface area contributed by atoms with Crippen LogP contribution >= 0.6 is 22.6 Å². The van der Waals surface area contributed by atoms with Gasteiger partial charge in [-0.1, -0.05) is 72.8 Å². The number of alkyl halides is 1. The van der Waals surface area contributed by atoms with E-state index < -0.39 is 23.3 Å². The number of ketones is 2. The van der Waals surface area contributed by atoms with Gasteiger partial charge in [0.15, 0.2) is 5.78 Å². The fourth-order valence-electron chi connectivity index (χ4n) is 3.72. The lowest BCUT2D eigenvalue weighted by molar-refractivity contribution is -0.154. The van der Waals surface area contributed by atoms with Crippen LogP contribution in [0, 0.1) is 17.3 Å². The van der Waals surface area contributed by atoms with Gasteiger partial charge in [-0.15, -0.1) is 0 Å². The maximum absolute atomic E-state index is 13.0. The average Bonchev–Trinajstić information content (AvgIpc) is 2.90. The molecule has 8 nitrogen and oxygen atoms in total. The summed E-state index contributed by atoms with van der Waals surface area (Å²) in [4.78, 5) is 62.3. The number of amides is 2. The zero-order valence-corrected chi connectivity index (χ0v) is 26.2. The minimum Gasteiger partial charge on any atom is -0.460 e. The molecule has 2 aromatic carbocycles. The van der Waals surface area contributed by atoms with Crippen LogP contribution in [0.15, 0.2) is 48.5 Å². The SMILES string of the molecule is CC(C)[C@H](CC(=O)c1ccc(CC(=O)CI)cc1)C(=O)N[C@@H](C)C(=O)Nc1ccc(COC(=O)C(C)(C)C)cc1. The molecule has 0 radical (unpaired) electrons. The predicted octanol–water partition coefficient (Wildman–Crippen LogP) is 5.31. The van der Waals surface area contributed by atoms with E-state index in [1.54, 1.807) is 76.2 Å². The van der Waals surface area contributed by atoms with E-state index in [4.69, 9.17) is 4.74 Å². The molecule has 0 aliphatic rings. The third-order valence-corrected chi connectivity index (χ3v) is 7.18. The molecular weight excluding hydrogens is 623 g/mol. The van der Waals surface area contributed by atoms with Crippen LogP contribution < -0.4 is 10.6 Å². The smallest absolute Gasteiger partial charge is 0.311 e. The fraction of sp³-hybridized carbons (Fsp3) is 0.452. The van der Waals surface area contributed by atoms with Gasteiger partial charge < -0.3 is 15.4 Å². The number of esters is 1. The first-order valence-corrected chi connectivity index (χ1v) is 14.8. The van der Waals surface area contributed by atoms with Gasteiger partial charge in [0.1, 0.15) is 18.4 Å². The molecular formula is C31H39IN2O6. The third kappa shape index (κ3) is 10.5. The summed E-state index contributed by atoms with van der Waals surface area (Å²) >= 11 is 2.03. The van der Waals surface area contributed by atoms with Gasteiger partial charge in [-0.3, -0.25) is 24.0 Å². The molecule has 40 heavy (non-hydrogen) atoms. The summed E-state index contributed by atoms with van der Waals surface area (Å²) in [5, 5.41) is 5.50. The molecule has 0 fully saturated rings. The maximum atomic E-state index is 13.0. The topological polar surface area (TPSA) is 119 Å². The van der Waals surface area contributed by atoms with E-state index in [1.165, 1.54) is 0 Å². The standard InChI is InChI=1S/C31H39IN2O6/c1-19(2)26(16-27(36)23-11-7-21(8-12-23)15-25(35)17-32)29(38)33-20(3)28(37)34-24-13-9-22(10-14-24)18-40-30(39)31(4,5)6/h7-14,19-20,26H,15-18H2,1-6H3,(H,33,38)(H,34,37)/t20-,26-/m0/s1. The first-order chi connectivity index (χ1) is 18.7. The summed E-state index contributed by atoms with van der Waals surface area (Å²) in [7, 11) is 0. The number of hydrogen-bond acceptors (Lipinski definition) is 6. The van der Waals surface area contributed by atoms with Crippen LogP contribution in [0.3, 0.4) is 0 Å². The second-order valence-electron chi connectivity index (χ2n) is 11.3. The van der Waals surface area contributed by atoms with Gasteiger partial charge in [0.25, 0.3) is 0 Å². The van der Waals surface area contributed by atoms with Crippen molar-refractivity contribution in [2.45, 2.75) is 67.0 Å². The molecule has 216 valence electrons. The van der Waals surface area contributed by atoms with E-state index in [9.17, 15) is 24.0 Å². The van der Waals surface area contributed by atoms with Crippen LogP contribution in [-0.4, -0.2) is 39.8 Å². The summed E-state index contributed by atoms with van der Waals surface area (Å²) in [5.74, 6) is -1.86. The summed E-state index contributed by atoms with van der Waals surface area (Å²) in [6.07, 6.45) is 0.330. The van der Waals surface area contributed by atoms with Gasteiger partial charge in [0, 0.05) is 30.0 Å². The molecule has 2 aromatic rings. The maximum Gasteiger partial charge on any atom is 0.311 e. The summed E-state index contributed by atoms with van der Waals surface area (Å²) in [5.41, 5.74) is 2.06. The lowest BCUT2D eigenvalue weighted by Gasteiger charge is -2.22. The van der Waals surface area contributed by atoms with E-state index in [-0.39, 0.29) is 42.4 Å². The number of carbonyl (C=O) groups excluding carboxylic acids is 5. The van der Waals surface area contributed by atoms with Crippen molar-refractivity contribution < 1.29 is 28.7 Å². The number of ether oxygens (including phenoxy) is 1. The van der Waals surface area contributed by atoms with Crippen molar-refractivity contribution in [3.63, 3.8) is 0 Å². The molecule has 2 amide bonds. The molecule has 0 saturated heterocycles. The number of Topliss-reactive ketones (excluding diaryl/α,β-unsaturated/α-hetero) is 2. The van der Waals surface area contributed by atoms with Gasteiger partial charge in [-0.25, -0.2) is 0 Å². The molecule has 2 rings (SSSR count). The summed E-state index contributed by atoms with van der Waals surface area (Å²) < 4.78 is 5.74. The molecule has 0 aliphatic carbocycles. The molecule has 2 atom stereocenters. The fourth-order valence-corrected chi connectivity index (χ4v) is 3.99. The van der Waals surface area contributed by atoms with Crippen molar-refractivity contribution in [1.82, 2.24) is 5.32 Å². The zero-order valence-electron chi connectivity index (χ0n) is 24.0. The number of benzene rings is 2. The van der Waals surface area contributed by atoms with Crippen LogP contribution in [0.4, 0.5) is 5.69 Å². The van der Waals surface area contributed by atoms with Crippen molar-refractivity contribution in [3.8, 4) is 0 Å². The van der Waals surface area contributed by atoms with Gasteiger partial charge >= 0.3 is 5.97 Å². The first kappa shape index (κ1) is 33.1. The number of hydrogen-bond donors (Lipinski definition) is 2. The zero-order chi connectivity index (χ0) is 30.0. The quantitative estimate of drug-likeness (QED) is 0.130. The Bertz CT molecular complexity index is 1200. The average molecular weight is 663 g/mol. The second-order valence-corrected chi connectivity index (χ2v) is 12.0. The van der Waals surface area contributed by atoms with Crippen molar-refractivity contribution in [1.29, 1.82) is 0 Å². The van der Waals surface area contributed by atoms with Crippen LogP contribution in [0.5, 0.6) is 0 Å². The highest BCUT2D eigenvalue weighted by molar-refractivity contribution is 14.1. The first-order valence-electron chi connectivity index (χ1n) is 13.3. The highest BCUT2D eigenvalue weighted by atomic mass is 127. The Morgan fingerprint density at radius 1 is 0.850 bits per heavy atom. The third-order valence-electron chi connectivity index (χ3n) is 6.33. The number of nitrogens with one attached hydrogen (secondary N) is 2. The van der Waals surface area contributed by atoms with Crippen molar-refractivity contribution in [2.75, 3.05) is 9.74 Å². The Labute approximate surface area is 250 Å². The van der Waals surface area contributed by atoms with E-state index in [0.717, 1.165) is 11.1 Å². The van der Waals surface area contributed by atoms with Gasteiger partial charge in [0.2, 0.25) is 11.8 Å². The van der Waals surface area contributed by atoms with Crippen molar-refractivity contribution in [2.24, 2.45) is 17.3 Å². The molecule has 9 heteroatoms. The summed E-state index contributed by atoms with van der Waals surface area (Å²) in [6, 6.07) is 13.0. The van der Waals surface area contributed by atoms with Crippen molar-refractivity contribution >= 4 is 57.6 Å². The Kier molecular flexibility index (Phi) is 12.5. The van der Waals surface area contributed by atoms with Gasteiger partial charge in [-0.05, 0) is 56.9 Å². The van der Waals surface area contributed by atoms with E-state index in [0.29, 0.717) is 22.1 Å². The molecule has 2 N–H and O–H groups in total. The van der Waals surface area contributed by atoms with Crippen LogP contribution in [0.25, 0.3) is 0 Å². The lowest BCUT2D eigenvalue weighted by atomic mass is 9.87. The Hall–Kier alpha value is -3.08. The lowest BCUT2D eigenvalue weighted by Crippen LogP contribution is -2.45. The van der Waals surface area contributed by atoms with E-state index in [2.05, 4.69) is 10.6 Å². The minimum atomic E-state index is -0.828. The molecule has 0 heterocycles. The number of anilines is 1. The van der Waals surface area contributed by atoms with Gasteiger partial charge in [-0.2, -0.15) is 0 Å². The Balaban J connectivity index is 1.93. The highest BCUT2D eigenvalue weighted by Gasteiger charge is 2.28. The van der Waals surface area contributed by atoms with Crippen molar-refractivity contribution in [3.05, 3.63) is 65.2 Å². The monoisotopic (exact) mass is 662 g/mol. The van der Waals surface area contributed by atoms with Crippen LogP contribution in [0.1, 0.15) is 69.4 Å². The van der Waals surface area contributed by atoms with Gasteiger partial charge in [0.05, 0.1) is 9.84 Å². The van der Waals surface area contributed by atoms with Crippen LogP contribution in [-0.2, 0) is 36.9 Å². The number of rotatable bonds is 13. The number of halogens is 1. The minimum absolute atomic E-state index is 0.00508. The molecule has 0 spiro atoms. The molecule has 0 saturated carbocycles. The largest absolute Gasteiger partial charge is 0.460 e. The van der Waals surface area contributed by atoms with E-state index in [1.807, 2.05) is 36.4 Å². The Morgan fingerprint density at radius 2 is 1.43 bits per heavy atom. The highest BCUT2D eigenvalue weighted by Crippen LogP contribution is 2.20. The number of carbonyl (C=O) groups is 5. The Morgan fingerprint density at radius 3 is 1.95 bits per heavy atom. The summed E-state index contributed by atoms with van der Waals surface area (Å²) in [6.45, 7) is 10.8.